The SMILES string of the molecule is CCCNC(c1ccc(C)cc1)c1scnc1C. The summed E-state index contributed by atoms with van der Waals surface area (Å²) in [7, 11) is 0. The van der Waals surface area contributed by atoms with Gasteiger partial charge in [0, 0.05) is 4.88 Å². The second-order valence-electron chi connectivity index (χ2n) is 4.60. The van der Waals surface area contributed by atoms with E-state index in [9.17, 15) is 0 Å². The molecule has 0 amide bonds. The minimum absolute atomic E-state index is 0.276. The molecule has 2 rings (SSSR count). The number of aromatic nitrogens is 1. The molecule has 1 atom stereocenters. The van der Waals surface area contributed by atoms with E-state index < -0.39 is 0 Å². The summed E-state index contributed by atoms with van der Waals surface area (Å²) in [5.41, 5.74) is 5.68. The minimum Gasteiger partial charge on any atom is -0.306 e. The van der Waals surface area contributed by atoms with Crippen molar-refractivity contribution in [2.24, 2.45) is 0 Å². The van der Waals surface area contributed by atoms with E-state index in [2.05, 4.69) is 55.3 Å². The second kappa shape index (κ2) is 6.12. The van der Waals surface area contributed by atoms with Gasteiger partial charge in [-0.1, -0.05) is 36.8 Å². The lowest BCUT2D eigenvalue weighted by Crippen LogP contribution is -2.23. The number of benzene rings is 1. The molecule has 0 bridgehead atoms. The first kappa shape index (κ1) is 13.2. The monoisotopic (exact) mass is 260 g/mol. The Labute approximate surface area is 113 Å². The van der Waals surface area contributed by atoms with Crippen molar-refractivity contribution in [1.29, 1.82) is 0 Å². The summed E-state index contributed by atoms with van der Waals surface area (Å²) in [4.78, 5) is 5.69. The summed E-state index contributed by atoms with van der Waals surface area (Å²) in [6.07, 6.45) is 1.14. The van der Waals surface area contributed by atoms with Crippen LogP contribution in [0.15, 0.2) is 29.8 Å². The molecule has 1 N–H and O–H groups in total. The Bertz CT molecular complexity index is 487. The Hall–Kier alpha value is -1.19. The fourth-order valence-electron chi connectivity index (χ4n) is 2.00. The molecule has 1 heterocycles. The van der Waals surface area contributed by atoms with E-state index in [1.54, 1.807) is 11.3 Å². The fraction of sp³-hybridized carbons (Fsp3) is 0.400. The predicted octanol–water partition coefficient (Wildman–Crippen LogP) is 3.85. The topological polar surface area (TPSA) is 24.9 Å². The summed E-state index contributed by atoms with van der Waals surface area (Å²) in [6, 6.07) is 9.04. The minimum atomic E-state index is 0.276. The molecule has 0 spiro atoms. The largest absolute Gasteiger partial charge is 0.306 e. The number of rotatable bonds is 5. The standard InChI is InChI=1S/C15H20N2S/c1-4-9-16-14(15-12(3)17-10-18-15)13-7-5-11(2)6-8-13/h5-8,10,14,16H,4,9H2,1-3H3. The maximum Gasteiger partial charge on any atom is 0.0798 e. The maximum atomic E-state index is 4.37. The summed E-state index contributed by atoms with van der Waals surface area (Å²) >= 11 is 1.73. The van der Waals surface area contributed by atoms with Gasteiger partial charge in [0.1, 0.15) is 0 Å². The van der Waals surface area contributed by atoms with Crippen molar-refractivity contribution >= 4 is 11.3 Å². The van der Waals surface area contributed by atoms with Gasteiger partial charge in [0.05, 0.1) is 17.2 Å². The summed E-state index contributed by atoms with van der Waals surface area (Å²) in [5, 5.41) is 3.62. The molecule has 0 radical (unpaired) electrons. The third-order valence-electron chi connectivity index (χ3n) is 3.05. The Morgan fingerprint density at radius 1 is 1.22 bits per heavy atom. The van der Waals surface area contributed by atoms with Crippen LogP contribution in [-0.4, -0.2) is 11.5 Å². The number of hydrogen-bond donors (Lipinski definition) is 1. The van der Waals surface area contributed by atoms with Crippen LogP contribution < -0.4 is 5.32 Å². The first-order chi connectivity index (χ1) is 8.72. The van der Waals surface area contributed by atoms with Crippen LogP contribution in [0.3, 0.4) is 0 Å². The van der Waals surface area contributed by atoms with Crippen molar-refractivity contribution in [1.82, 2.24) is 10.3 Å². The van der Waals surface area contributed by atoms with Crippen LogP contribution in [0.2, 0.25) is 0 Å². The molecule has 3 heteroatoms. The molecular formula is C15H20N2S. The van der Waals surface area contributed by atoms with Gasteiger partial charge in [-0.3, -0.25) is 0 Å². The first-order valence-corrected chi connectivity index (χ1v) is 7.30. The highest BCUT2D eigenvalue weighted by Gasteiger charge is 2.17. The van der Waals surface area contributed by atoms with Gasteiger partial charge in [0.25, 0.3) is 0 Å². The maximum absolute atomic E-state index is 4.37. The predicted molar refractivity (Wildman–Crippen MR) is 78.2 cm³/mol. The Morgan fingerprint density at radius 2 is 1.94 bits per heavy atom. The zero-order valence-electron chi connectivity index (χ0n) is 11.2. The van der Waals surface area contributed by atoms with Gasteiger partial charge in [0.15, 0.2) is 0 Å². The van der Waals surface area contributed by atoms with Gasteiger partial charge in [-0.15, -0.1) is 11.3 Å². The van der Waals surface area contributed by atoms with Crippen LogP contribution in [0.1, 0.15) is 41.1 Å². The van der Waals surface area contributed by atoms with Crippen LogP contribution in [-0.2, 0) is 0 Å². The van der Waals surface area contributed by atoms with Crippen molar-refractivity contribution in [3.63, 3.8) is 0 Å². The molecule has 0 saturated carbocycles. The number of nitrogens with zero attached hydrogens (tertiary/aromatic N) is 1. The van der Waals surface area contributed by atoms with Crippen molar-refractivity contribution in [2.75, 3.05) is 6.54 Å². The lowest BCUT2D eigenvalue weighted by Gasteiger charge is -2.18. The lowest BCUT2D eigenvalue weighted by molar-refractivity contribution is 0.602. The normalized spacial score (nSPS) is 12.6. The average molecular weight is 260 g/mol. The van der Waals surface area contributed by atoms with Crippen LogP contribution in [0.25, 0.3) is 0 Å². The van der Waals surface area contributed by atoms with Gasteiger partial charge in [0.2, 0.25) is 0 Å². The highest BCUT2D eigenvalue weighted by atomic mass is 32.1. The molecule has 0 aliphatic carbocycles. The van der Waals surface area contributed by atoms with E-state index in [-0.39, 0.29) is 6.04 Å². The third kappa shape index (κ3) is 2.98. The zero-order valence-corrected chi connectivity index (χ0v) is 12.1. The Kier molecular flexibility index (Phi) is 4.50. The molecule has 2 nitrogen and oxygen atoms in total. The highest BCUT2D eigenvalue weighted by Crippen LogP contribution is 2.28. The molecule has 1 aromatic heterocycles. The summed E-state index contributed by atoms with van der Waals surface area (Å²) in [6.45, 7) is 7.42. The van der Waals surface area contributed by atoms with Crippen LogP contribution in [0.5, 0.6) is 0 Å². The van der Waals surface area contributed by atoms with Gasteiger partial charge < -0.3 is 5.32 Å². The van der Waals surface area contributed by atoms with Crippen molar-refractivity contribution < 1.29 is 0 Å². The molecule has 18 heavy (non-hydrogen) atoms. The molecule has 2 aromatic rings. The zero-order chi connectivity index (χ0) is 13.0. The molecule has 1 unspecified atom stereocenters. The highest BCUT2D eigenvalue weighted by molar-refractivity contribution is 7.09. The van der Waals surface area contributed by atoms with E-state index in [1.807, 2.05) is 5.51 Å². The molecule has 0 aliphatic rings. The Morgan fingerprint density at radius 3 is 2.50 bits per heavy atom. The van der Waals surface area contributed by atoms with E-state index in [1.165, 1.54) is 16.0 Å². The van der Waals surface area contributed by atoms with E-state index in [4.69, 9.17) is 0 Å². The van der Waals surface area contributed by atoms with Crippen molar-refractivity contribution in [3.05, 3.63) is 51.5 Å². The third-order valence-corrected chi connectivity index (χ3v) is 4.05. The molecule has 1 aromatic carbocycles. The molecule has 0 aliphatic heterocycles. The number of hydrogen-bond acceptors (Lipinski definition) is 3. The average Bonchev–Trinajstić information content (AvgIpc) is 2.78. The van der Waals surface area contributed by atoms with Gasteiger partial charge in [-0.05, 0) is 32.4 Å². The number of nitrogens with one attached hydrogen (secondary N) is 1. The number of aryl methyl sites for hydroxylation is 2. The van der Waals surface area contributed by atoms with E-state index >= 15 is 0 Å². The lowest BCUT2D eigenvalue weighted by atomic mass is 10.0. The van der Waals surface area contributed by atoms with Crippen LogP contribution in [0, 0.1) is 13.8 Å². The second-order valence-corrected chi connectivity index (χ2v) is 5.49. The quantitative estimate of drug-likeness (QED) is 0.883. The summed E-state index contributed by atoms with van der Waals surface area (Å²) < 4.78 is 0. The van der Waals surface area contributed by atoms with Crippen LogP contribution in [0.4, 0.5) is 0 Å². The fourth-order valence-corrected chi connectivity index (χ4v) is 2.90. The molecule has 0 saturated heterocycles. The summed E-state index contributed by atoms with van der Waals surface area (Å²) in [5.74, 6) is 0. The van der Waals surface area contributed by atoms with Gasteiger partial charge in [-0.2, -0.15) is 0 Å². The smallest absolute Gasteiger partial charge is 0.0798 e. The number of thiazole rings is 1. The first-order valence-electron chi connectivity index (χ1n) is 6.42. The molecule has 0 fully saturated rings. The van der Waals surface area contributed by atoms with Gasteiger partial charge >= 0.3 is 0 Å². The van der Waals surface area contributed by atoms with E-state index in [0.29, 0.717) is 0 Å². The van der Waals surface area contributed by atoms with E-state index in [0.717, 1.165) is 18.7 Å². The van der Waals surface area contributed by atoms with Crippen molar-refractivity contribution in [2.45, 2.75) is 33.2 Å². The van der Waals surface area contributed by atoms with Crippen LogP contribution >= 0.6 is 11.3 Å². The molecular weight excluding hydrogens is 240 g/mol. The molecule has 96 valence electrons. The van der Waals surface area contributed by atoms with Crippen molar-refractivity contribution in [3.8, 4) is 0 Å². The van der Waals surface area contributed by atoms with Gasteiger partial charge in [-0.25, -0.2) is 4.98 Å². The Balaban J connectivity index is 2.30.